The summed E-state index contributed by atoms with van der Waals surface area (Å²) < 4.78 is 5.25. The number of amides is 2. The van der Waals surface area contributed by atoms with Gasteiger partial charge in [0.1, 0.15) is 5.75 Å². The summed E-state index contributed by atoms with van der Waals surface area (Å²) >= 11 is 0. The van der Waals surface area contributed by atoms with Gasteiger partial charge in [0, 0.05) is 11.6 Å². The molecule has 0 aliphatic rings. The van der Waals surface area contributed by atoms with Gasteiger partial charge in [0.25, 0.3) is 5.91 Å². The average molecular weight is 386 g/mol. The van der Waals surface area contributed by atoms with E-state index in [0.717, 1.165) is 16.7 Å². The molecule has 2 amide bonds. The molecule has 0 saturated heterocycles. The summed E-state index contributed by atoms with van der Waals surface area (Å²) in [4.78, 5) is 25.0. The molecule has 3 rings (SSSR count). The number of para-hydroxylation sites is 1. The van der Waals surface area contributed by atoms with Crippen molar-refractivity contribution in [3.63, 3.8) is 0 Å². The maximum Gasteiger partial charge on any atom is 0.262 e. The molecule has 146 valence electrons. The van der Waals surface area contributed by atoms with Crippen LogP contribution < -0.4 is 15.6 Å². The minimum absolute atomic E-state index is 0.318. The molecule has 5 nitrogen and oxygen atoms in total. The van der Waals surface area contributed by atoms with Gasteiger partial charge < -0.3 is 4.74 Å². The molecule has 0 aliphatic heterocycles. The molecule has 0 saturated carbocycles. The van der Waals surface area contributed by atoms with Crippen LogP contribution in [-0.2, 0) is 9.59 Å². The first kappa shape index (κ1) is 19.9. The highest BCUT2D eigenvalue weighted by molar-refractivity contribution is 5.95. The molecule has 0 atom stereocenters. The summed E-state index contributed by atoms with van der Waals surface area (Å²) in [5.74, 6) is -0.629. The number of ether oxygens (including phenoxy) is 1. The molecule has 29 heavy (non-hydrogen) atoms. The Hall–Kier alpha value is -3.86. The molecule has 0 spiro atoms. The molecule has 0 fully saturated rings. The van der Waals surface area contributed by atoms with Crippen molar-refractivity contribution in [2.45, 2.75) is 5.92 Å². The van der Waals surface area contributed by atoms with E-state index in [1.807, 2.05) is 84.9 Å². The predicted molar refractivity (Wildman–Crippen MR) is 113 cm³/mol. The zero-order valence-corrected chi connectivity index (χ0v) is 16.0. The molecule has 3 aromatic carbocycles. The summed E-state index contributed by atoms with van der Waals surface area (Å²) in [6.07, 6.45) is 2.98. The topological polar surface area (TPSA) is 67.4 Å². The summed E-state index contributed by atoms with van der Waals surface area (Å²) in [5, 5.41) is 0. The summed E-state index contributed by atoms with van der Waals surface area (Å²) in [5.41, 5.74) is 7.42. The van der Waals surface area contributed by atoms with E-state index >= 15 is 0 Å². The standard InChI is InChI=1S/C24H22N2O3/c1-29-21-15-9-8-10-18(21)16-17-22(27)25-26-24(28)23(19-11-4-2-5-12-19)20-13-6-3-7-14-20/h2-17,23H,1H3,(H,25,27)(H,26,28). The fourth-order valence-corrected chi connectivity index (χ4v) is 2.99. The number of rotatable bonds is 6. The first-order valence-corrected chi connectivity index (χ1v) is 9.20. The van der Waals surface area contributed by atoms with Crippen molar-refractivity contribution in [1.29, 1.82) is 0 Å². The molecule has 2 N–H and O–H groups in total. The Kier molecular flexibility index (Phi) is 6.79. The minimum atomic E-state index is -0.532. The second kappa shape index (κ2) is 9.90. The Labute approximate surface area is 170 Å². The van der Waals surface area contributed by atoms with Gasteiger partial charge in [0.2, 0.25) is 5.91 Å². The molecule has 0 aromatic heterocycles. The zero-order valence-electron chi connectivity index (χ0n) is 16.0. The lowest BCUT2D eigenvalue weighted by atomic mass is 9.91. The van der Waals surface area contributed by atoms with Crippen LogP contribution in [0.15, 0.2) is 91.0 Å². The third kappa shape index (κ3) is 5.32. The molecule has 0 heterocycles. The Morgan fingerprint density at radius 2 is 1.34 bits per heavy atom. The Bertz CT molecular complexity index is 946. The van der Waals surface area contributed by atoms with E-state index in [1.165, 1.54) is 6.08 Å². The zero-order chi connectivity index (χ0) is 20.5. The van der Waals surface area contributed by atoms with Gasteiger partial charge in [0.05, 0.1) is 13.0 Å². The van der Waals surface area contributed by atoms with Gasteiger partial charge in [-0.1, -0.05) is 78.9 Å². The molecule has 0 aliphatic carbocycles. The molecular weight excluding hydrogens is 364 g/mol. The van der Waals surface area contributed by atoms with E-state index in [4.69, 9.17) is 4.74 Å². The molecule has 5 heteroatoms. The number of carbonyl (C=O) groups excluding carboxylic acids is 2. The Morgan fingerprint density at radius 1 is 0.793 bits per heavy atom. The Balaban J connectivity index is 1.69. The molecule has 3 aromatic rings. The van der Waals surface area contributed by atoms with E-state index in [9.17, 15) is 9.59 Å². The average Bonchev–Trinajstić information content (AvgIpc) is 2.78. The normalized spacial score (nSPS) is 10.7. The molecule has 0 unspecified atom stereocenters. The van der Waals surface area contributed by atoms with E-state index in [2.05, 4.69) is 10.9 Å². The van der Waals surface area contributed by atoms with Crippen LogP contribution in [0.1, 0.15) is 22.6 Å². The second-order valence-electron chi connectivity index (χ2n) is 6.31. The maximum atomic E-state index is 12.9. The fourth-order valence-electron chi connectivity index (χ4n) is 2.99. The fraction of sp³-hybridized carbons (Fsp3) is 0.0833. The molecule has 0 radical (unpaired) electrons. The van der Waals surface area contributed by atoms with Gasteiger partial charge in [-0.25, -0.2) is 0 Å². The van der Waals surface area contributed by atoms with Crippen molar-refractivity contribution in [2.24, 2.45) is 0 Å². The Morgan fingerprint density at radius 3 is 1.93 bits per heavy atom. The summed E-state index contributed by atoms with van der Waals surface area (Å²) in [6, 6.07) is 26.2. The summed E-state index contributed by atoms with van der Waals surface area (Å²) in [6.45, 7) is 0. The lowest BCUT2D eigenvalue weighted by Gasteiger charge is -2.17. The van der Waals surface area contributed by atoms with Crippen LogP contribution in [0.25, 0.3) is 6.08 Å². The number of benzene rings is 3. The quantitative estimate of drug-likeness (QED) is 0.502. The third-order valence-corrected chi connectivity index (χ3v) is 4.39. The maximum absolute atomic E-state index is 12.9. The van der Waals surface area contributed by atoms with Crippen molar-refractivity contribution in [3.8, 4) is 5.75 Å². The van der Waals surface area contributed by atoms with Crippen molar-refractivity contribution < 1.29 is 14.3 Å². The second-order valence-corrected chi connectivity index (χ2v) is 6.31. The van der Waals surface area contributed by atoms with Crippen molar-refractivity contribution in [2.75, 3.05) is 7.11 Å². The van der Waals surface area contributed by atoms with Crippen molar-refractivity contribution >= 4 is 17.9 Å². The number of carbonyl (C=O) groups is 2. The van der Waals surface area contributed by atoms with E-state index in [-0.39, 0.29) is 5.91 Å². The number of nitrogens with one attached hydrogen (secondary N) is 2. The number of hydrogen-bond donors (Lipinski definition) is 2. The highest BCUT2D eigenvalue weighted by atomic mass is 16.5. The van der Waals surface area contributed by atoms with Gasteiger partial charge in [-0.05, 0) is 23.3 Å². The van der Waals surface area contributed by atoms with E-state index < -0.39 is 11.8 Å². The highest BCUT2D eigenvalue weighted by Crippen LogP contribution is 2.24. The molecular formula is C24H22N2O3. The number of hydrazine groups is 1. The van der Waals surface area contributed by atoms with Crippen LogP contribution >= 0.6 is 0 Å². The van der Waals surface area contributed by atoms with Crippen LogP contribution in [0.4, 0.5) is 0 Å². The van der Waals surface area contributed by atoms with Crippen LogP contribution in [0.2, 0.25) is 0 Å². The highest BCUT2D eigenvalue weighted by Gasteiger charge is 2.22. The van der Waals surface area contributed by atoms with Crippen LogP contribution in [-0.4, -0.2) is 18.9 Å². The smallest absolute Gasteiger partial charge is 0.262 e. The van der Waals surface area contributed by atoms with E-state index in [0.29, 0.717) is 5.75 Å². The third-order valence-electron chi connectivity index (χ3n) is 4.39. The number of methoxy groups -OCH3 is 1. The van der Waals surface area contributed by atoms with Gasteiger partial charge in [0.15, 0.2) is 0 Å². The first-order chi connectivity index (χ1) is 14.2. The lowest BCUT2D eigenvalue weighted by molar-refractivity contribution is -0.127. The SMILES string of the molecule is COc1ccccc1C=CC(=O)NNC(=O)C(c1ccccc1)c1ccccc1. The van der Waals surface area contributed by atoms with Crippen molar-refractivity contribution in [3.05, 3.63) is 108 Å². The van der Waals surface area contributed by atoms with Gasteiger partial charge in [-0.2, -0.15) is 0 Å². The van der Waals surface area contributed by atoms with Gasteiger partial charge in [-0.15, -0.1) is 0 Å². The van der Waals surface area contributed by atoms with Crippen molar-refractivity contribution in [1.82, 2.24) is 10.9 Å². The lowest BCUT2D eigenvalue weighted by Crippen LogP contribution is -2.43. The number of hydrogen-bond acceptors (Lipinski definition) is 3. The minimum Gasteiger partial charge on any atom is -0.496 e. The molecule has 0 bridgehead atoms. The van der Waals surface area contributed by atoms with E-state index in [1.54, 1.807) is 13.2 Å². The van der Waals surface area contributed by atoms with Gasteiger partial charge in [-0.3, -0.25) is 20.4 Å². The monoisotopic (exact) mass is 386 g/mol. The van der Waals surface area contributed by atoms with Crippen LogP contribution in [0.3, 0.4) is 0 Å². The largest absolute Gasteiger partial charge is 0.496 e. The summed E-state index contributed by atoms with van der Waals surface area (Å²) in [7, 11) is 1.57. The van der Waals surface area contributed by atoms with Crippen LogP contribution in [0, 0.1) is 0 Å². The first-order valence-electron chi connectivity index (χ1n) is 9.20. The predicted octanol–water partition coefficient (Wildman–Crippen LogP) is 3.69. The van der Waals surface area contributed by atoms with Crippen LogP contribution in [0.5, 0.6) is 5.75 Å². The van der Waals surface area contributed by atoms with Gasteiger partial charge >= 0.3 is 0 Å².